The van der Waals surface area contributed by atoms with Gasteiger partial charge in [0.2, 0.25) is 5.95 Å². The number of nitrogens with zero attached hydrogens (tertiary/aromatic N) is 3. The van der Waals surface area contributed by atoms with Gasteiger partial charge in [-0.2, -0.15) is 0 Å². The van der Waals surface area contributed by atoms with E-state index in [1.54, 1.807) is 12.4 Å². The summed E-state index contributed by atoms with van der Waals surface area (Å²) in [6.07, 6.45) is 5.96. The van der Waals surface area contributed by atoms with Gasteiger partial charge in [0, 0.05) is 12.8 Å². The lowest BCUT2D eigenvalue weighted by atomic mass is 10.1. The minimum absolute atomic E-state index is 0.213. The third kappa shape index (κ3) is 1.67. The van der Waals surface area contributed by atoms with Gasteiger partial charge in [-0.05, 0) is 25.8 Å². The van der Waals surface area contributed by atoms with E-state index in [-0.39, 0.29) is 12.1 Å². The Bertz CT molecular complexity index is 530. The first-order valence-electron chi connectivity index (χ1n) is 5.96. The fraction of sp³-hybridized carbons (Fsp3) is 0.500. The Morgan fingerprint density at radius 2 is 2.47 bits per heavy atom. The number of anilines is 1. The van der Waals surface area contributed by atoms with E-state index in [0.29, 0.717) is 5.95 Å². The van der Waals surface area contributed by atoms with Crippen molar-refractivity contribution in [1.82, 2.24) is 14.5 Å². The number of nitrogens with two attached hydrogens (primary N) is 1. The van der Waals surface area contributed by atoms with E-state index >= 15 is 0 Å². The number of fused-ring (bicyclic) bond motifs is 1. The zero-order valence-corrected chi connectivity index (χ0v) is 9.84. The van der Waals surface area contributed by atoms with Crippen molar-refractivity contribution in [3.05, 3.63) is 18.5 Å². The van der Waals surface area contributed by atoms with Gasteiger partial charge in [0.15, 0.2) is 0 Å². The second-order valence-corrected chi connectivity index (χ2v) is 4.50. The summed E-state index contributed by atoms with van der Waals surface area (Å²) in [5.41, 5.74) is 7.86. The summed E-state index contributed by atoms with van der Waals surface area (Å²) >= 11 is 0. The standard InChI is InChI=1S/C12H16N4O/c1-8(11-3-2-6-17-11)16-10-4-5-14-7-9(10)15-12(16)13/h4-5,7-8,11H,2-3,6H2,1H3,(H2,13,15). The number of hydrogen-bond donors (Lipinski definition) is 1. The van der Waals surface area contributed by atoms with Crippen LogP contribution in [0.1, 0.15) is 25.8 Å². The molecular formula is C12H16N4O. The number of pyridine rings is 1. The smallest absolute Gasteiger partial charge is 0.201 e. The van der Waals surface area contributed by atoms with E-state index in [1.165, 1.54) is 0 Å². The molecule has 3 rings (SSSR count). The Morgan fingerprint density at radius 3 is 3.24 bits per heavy atom. The molecule has 0 saturated carbocycles. The van der Waals surface area contributed by atoms with E-state index in [1.807, 2.05) is 10.6 Å². The van der Waals surface area contributed by atoms with Crippen molar-refractivity contribution < 1.29 is 4.74 Å². The van der Waals surface area contributed by atoms with Gasteiger partial charge in [-0.25, -0.2) is 4.98 Å². The van der Waals surface area contributed by atoms with Crippen molar-refractivity contribution in [3.63, 3.8) is 0 Å². The van der Waals surface area contributed by atoms with Crippen molar-refractivity contribution in [3.8, 4) is 0 Å². The molecule has 1 saturated heterocycles. The van der Waals surface area contributed by atoms with Gasteiger partial charge in [0.05, 0.1) is 23.9 Å². The number of hydrogen-bond acceptors (Lipinski definition) is 4. The maximum atomic E-state index is 5.99. The second kappa shape index (κ2) is 4.00. The third-order valence-electron chi connectivity index (χ3n) is 3.43. The topological polar surface area (TPSA) is 66.0 Å². The Morgan fingerprint density at radius 1 is 1.59 bits per heavy atom. The van der Waals surface area contributed by atoms with Crippen LogP contribution in [-0.4, -0.2) is 27.2 Å². The Kier molecular flexibility index (Phi) is 2.48. The lowest BCUT2D eigenvalue weighted by molar-refractivity contribution is 0.0751. The van der Waals surface area contributed by atoms with Crippen LogP contribution in [0.4, 0.5) is 5.95 Å². The first kappa shape index (κ1) is 10.5. The summed E-state index contributed by atoms with van der Waals surface area (Å²) in [5.74, 6) is 0.538. The lowest BCUT2D eigenvalue weighted by Crippen LogP contribution is -2.22. The van der Waals surface area contributed by atoms with Crippen molar-refractivity contribution >= 4 is 17.0 Å². The van der Waals surface area contributed by atoms with Gasteiger partial charge < -0.3 is 15.0 Å². The van der Waals surface area contributed by atoms with Gasteiger partial charge in [-0.3, -0.25) is 4.98 Å². The summed E-state index contributed by atoms with van der Waals surface area (Å²) in [5, 5.41) is 0. The predicted molar refractivity (Wildman–Crippen MR) is 65.6 cm³/mol. The van der Waals surface area contributed by atoms with Crippen LogP contribution in [0.2, 0.25) is 0 Å². The van der Waals surface area contributed by atoms with Crippen molar-refractivity contribution in [2.45, 2.75) is 31.9 Å². The fourth-order valence-corrected chi connectivity index (χ4v) is 2.55. The minimum atomic E-state index is 0.213. The molecule has 2 atom stereocenters. The van der Waals surface area contributed by atoms with Crippen LogP contribution in [0.25, 0.3) is 11.0 Å². The van der Waals surface area contributed by atoms with E-state index in [0.717, 1.165) is 30.5 Å². The fourth-order valence-electron chi connectivity index (χ4n) is 2.55. The van der Waals surface area contributed by atoms with Crippen LogP contribution < -0.4 is 5.73 Å². The van der Waals surface area contributed by atoms with Gasteiger partial charge in [0.25, 0.3) is 0 Å². The SMILES string of the molecule is CC(C1CCCO1)n1c(N)nc2cnccc21. The predicted octanol–water partition coefficient (Wildman–Crippen LogP) is 1.75. The first-order valence-corrected chi connectivity index (χ1v) is 5.96. The number of aromatic nitrogens is 3. The molecular weight excluding hydrogens is 216 g/mol. The summed E-state index contributed by atoms with van der Waals surface area (Å²) in [6, 6.07) is 2.16. The zero-order valence-electron chi connectivity index (χ0n) is 9.84. The highest BCUT2D eigenvalue weighted by molar-refractivity contribution is 5.77. The molecule has 0 aromatic carbocycles. The summed E-state index contributed by atoms with van der Waals surface area (Å²) in [7, 11) is 0. The largest absolute Gasteiger partial charge is 0.376 e. The molecule has 90 valence electrons. The Hall–Kier alpha value is -1.62. The van der Waals surface area contributed by atoms with Crippen molar-refractivity contribution in [2.24, 2.45) is 0 Å². The molecule has 0 spiro atoms. The van der Waals surface area contributed by atoms with E-state index in [4.69, 9.17) is 10.5 Å². The van der Waals surface area contributed by atoms with Crippen molar-refractivity contribution in [1.29, 1.82) is 0 Å². The quantitative estimate of drug-likeness (QED) is 0.856. The maximum Gasteiger partial charge on any atom is 0.201 e. The number of ether oxygens (including phenoxy) is 1. The highest BCUT2D eigenvalue weighted by Crippen LogP contribution is 2.29. The maximum absolute atomic E-state index is 5.99. The summed E-state index contributed by atoms with van der Waals surface area (Å²) in [6.45, 7) is 2.98. The molecule has 17 heavy (non-hydrogen) atoms. The summed E-state index contributed by atoms with van der Waals surface area (Å²) < 4.78 is 7.77. The number of imidazole rings is 1. The zero-order chi connectivity index (χ0) is 11.8. The van der Waals surface area contributed by atoms with Crippen LogP contribution in [0.15, 0.2) is 18.5 Å². The minimum Gasteiger partial charge on any atom is -0.376 e. The molecule has 0 bridgehead atoms. The first-order chi connectivity index (χ1) is 8.27. The van der Waals surface area contributed by atoms with Crippen LogP contribution >= 0.6 is 0 Å². The van der Waals surface area contributed by atoms with E-state index < -0.39 is 0 Å². The third-order valence-corrected chi connectivity index (χ3v) is 3.43. The van der Waals surface area contributed by atoms with Gasteiger partial charge in [-0.15, -0.1) is 0 Å². The van der Waals surface area contributed by atoms with Crippen LogP contribution in [0, 0.1) is 0 Å². The molecule has 0 radical (unpaired) electrons. The summed E-state index contributed by atoms with van der Waals surface area (Å²) in [4.78, 5) is 8.39. The Labute approximate surface area is 99.6 Å². The van der Waals surface area contributed by atoms with Crippen molar-refractivity contribution in [2.75, 3.05) is 12.3 Å². The number of rotatable bonds is 2. The molecule has 1 aliphatic heterocycles. The molecule has 2 aromatic heterocycles. The molecule has 3 heterocycles. The average molecular weight is 232 g/mol. The van der Waals surface area contributed by atoms with E-state index in [2.05, 4.69) is 16.9 Å². The molecule has 1 aliphatic rings. The molecule has 0 aliphatic carbocycles. The molecule has 5 nitrogen and oxygen atoms in total. The van der Waals surface area contributed by atoms with Gasteiger partial charge in [-0.1, -0.05) is 0 Å². The second-order valence-electron chi connectivity index (χ2n) is 4.50. The Balaban J connectivity index is 2.06. The average Bonchev–Trinajstić information content (AvgIpc) is 2.94. The van der Waals surface area contributed by atoms with Gasteiger partial charge >= 0.3 is 0 Å². The van der Waals surface area contributed by atoms with Crippen LogP contribution in [0.3, 0.4) is 0 Å². The lowest BCUT2D eigenvalue weighted by Gasteiger charge is -2.21. The normalized spacial score (nSPS) is 22.1. The number of nitrogen functional groups attached to an aromatic ring is 1. The van der Waals surface area contributed by atoms with E-state index in [9.17, 15) is 0 Å². The molecule has 1 fully saturated rings. The monoisotopic (exact) mass is 232 g/mol. The van der Waals surface area contributed by atoms with Gasteiger partial charge in [0.1, 0.15) is 5.52 Å². The molecule has 2 aromatic rings. The molecule has 2 unspecified atom stereocenters. The molecule has 5 heteroatoms. The highest BCUT2D eigenvalue weighted by atomic mass is 16.5. The van der Waals surface area contributed by atoms with Crippen LogP contribution in [0.5, 0.6) is 0 Å². The molecule has 2 N–H and O–H groups in total. The highest BCUT2D eigenvalue weighted by Gasteiger charge is 2.26. The van der Waals surface area contributed by atoms with Crippen LogP contribution in [-0.2, 0) is 4.74 Å². The molecule has 0 amide bonds.